The molecule has 0 fully saturated rings. The first-order valence-electron chi connectivity index (χ1n) is 7.21. The molecule has 0 spiro atoms. The number of esters is 1. The van der Waals surface area contributed by atoms with Crippen LogP contribution in [0.5, 0.6) is 0 Å². The van der Waals surface area contributed by atoms with Crippen LogP contribution in [0.25, 0.3) is 0 Å². The summed E-state index contributed by atoms with van der Waals surface area (Å²) in [5.41, 5.74) is -0.970. The van der Waals surface area contributed by atoms with E-state index in [-0.39, 0.29) is 17.9 Å². The molecule has 2 aromatic rings. The van der Waals surface area contributed by atoms with Crippen LogP contribution in [-0.2, 0) is 20.9 Å². The van der Waals surface area contributed by atoms with Crippen LogP contribution in [0.15, 0.2) is 47.4 Å². The molecule has 2 rings (SSSR count). The molecule has 0 atom stereocenters. The van der Waals surface area contributed by atoms with Crippen molar-refractivity contribution < 1.29 is 31.1 Å². The number of carbonyl (C=O) groups is 1. The lowest BCUT2D eigenvalue weighted by Crippen LogP contribution is -2.15. The molecule has 0 bridgehead atoms. The molecule has 10 heteroatoms. The van der Waals surface area contributed by atoms with Crippen molar-refractivity contribution in [2.75, 3.05) is 11.3 Å². The van der Waals surface area contributed by atoms with E-state index in [0.717, 1.165) is 12.1 Å². The molecular weight excluding hydrogens is 395 g/mol. The molecule has 0 aromatic heterocycles. The number of halogens is 4. The first-order chi connectivity index (χ1) is 12.0. The molecule has 0 saturated carbocycles. The zero-order valence-electron chi connectivity index (χ0n) is 13.3. The highest BCUT2D eigenvalue weighted by Crippen LogP contribution is 2.36. The van der Waals surface area contributed by atoms with Gasteiger partial charge in [0.05, 0.1) is 27.7 Å². The van der Waals surface area contributed by atoms with Crippen molar-refractivity contribution in [3.63, 3.8) is 0 Å². The summed E-state index contributed by atoms with van der Waals surface area (Å²) in [5.74, 6) is -0.575. The minimum atomic E-state index is -4.79. The van der Waals surface area contributed by atoms with Gasteiger partial charge in [-0.3, -0.25) is 4.72 Å². The number of hydrogen-bond donors (Lipinski definition) is 1. The number of nitrogens with one attached hydrogen (secondary N) is 1. The lowest BCUT2D eigenvalue weighted by Gasteiger charge is -2.12. The fraction of sp³-hybridized carbons (Fsp3) is 0.188. The van der Waals surface area contributed by atoms with Crippen LogP contribution in [0.3, 0.4) is 0 Å². The Morgan fingerprint density at radius 2 is 1.77 bits per heavy atom. The molecule has 0 amide bonds. The smallest absolute Gasteiger partial charge is 0.417 e. The van der Waals surface area contributed by atoms with Gasteiger partial charge in [0.1, 0.15) is 0 Å². The van der Waals surface area contributed by atoms with Crippen LogP contribution in [0.2, 0.25) is 5.02 Å². The molecule has 0 aliphatic rings. The Morgan fingerprint density at radius 3 is 2.31 bits per heavy atom. The number of rotatable bonds is 5. The molecule has 0 aliphatic carbocycles. The van der Waals surface area contributed by atoms with Crippen LogP contribution in [-0.4, -0.2) is 21.0 Å². The van der Waals surface area contributed by atoms with Crippen molar-refractivity contribution >= 4 is 33.3 Å². The van der Waals surface area contributed by atoms with E-state index in [1.807, 2.05) is 0 Å². The molecule has 26 heavy (non-hydrogen) atoms. The molecule has 0 heterocycles. The number of ether oxygens (including phenoxy) is 1. The maximum atomic E-state index is 12.9. The van der Waals surface area contributed by atoms with Crippen molar-refractivity contribution in [2.24, 2.45) is 0 Å². The Kier molecular flexibility index (Phi) is 5.82. The van der Waals surface area contributed by atoms with E-state index in [1.165, 1.54) is 24.3 Å². The summed E-state index contributed by atoms with van der Waals surface area (Å²) in [7, 11) is -4.28. The second-order valence-electron chi connectivity index (χ2n) is 5.04. The van der Waals surface area contributed by atoms with Gasteiger partial charge in [0.25, 0.3) is 10.0 Å². The van der Waals surface area contributed by atoms with Gasteiger partial charge in [-0.05, 0) is 49.4 Å². The number of alkyl halides is 3. The lowest BCUT2D eigenvalue weighted by molar-refractivity contribution is -0.137. The zero-order valence-corrected chi connectivity index (χ0v) is 14.9. The highest BCUT2D eigenvalue weighted by Gasteiger charge is 2.34. The maximum absolute atomic E-state index is 12.9. The monoisotopic (exact) mass is 407 g/mol. The largest absolute Gasteiger partial charge is 0.462 e. The van der Waals surface area contributed by atoms with E-state index in [1.54, 1.807) is 6.92 Å². The van der Waals surface area contributed by atoms with Gasteiger partial charge < -0.3 is 4.74 Å². The minimum absolute atomic E-state index is 0.0709. The van der Waals surface area contributed by atoms with E-state index in [9.17, 15) is 26.4 Å². The van der Waals surface area contributed by atoms with Gasteiger partial charge in [-0.25, -0.2) is 13.2 Å². The zero-order chi connectivity index (χ0) is 19.5. The quantitative estimate of drug-likeness (QED) is 0.748. The van der Waals surface area contributed by atoms with Crippen molar-refractivity contribution in [1.29, 1.82) is 0 Å². The minimum Gasteiger partial charge on any atom is -0.462 e. The van der Waals surface area contributed by atoms with Gasteiger partial charge in [0.2, 0.25) is 0 Å². The fourth-order valence-electron chi connectivity index (χ4n) is 1.99. The number of carbonyl (C=O) groups excluding carboxylic acids is 1. The third-order valence-corrected chi connectivity index (χ3v) is 4.91. The second kappa shape index (κ2) is 7.55. The predicted octanol–water partition coefficient (Wildman–Crippen LogP) is 4.34. The molecule has 0 saturated heterocycles. The average molecular weight is 408 g/mol. The van der Waals surface area contributed by atoms with Gasteiger partial charge in [-0.1, -0.05) is 11.6 Å². The Morgan fingerprint density at radius 1 is 1.15 bits per heavy atom. The fourth-order valence-corrected chi connectivity index (χ4v) is 3.30. The highest BCUT2D eigenvalue weighted by molar-refractivity contribution is 7.92. The normalized spacial score (nSPS) is 11.9. The van der Waals surface area contributed by atoms with Gasteiger partial charge in [0, 0.05) is 5.69 Å². The molecule has 140 valence electrons. The Hall–Kier alpha value is -2.26. The van der Waals surface area contributed by atoms with E-state index in [0.29, 0.717) is 6.07 Å². The summed E-state index contributed by atoms with van der Waals surface area (Å²) in [6, 6.07) is 7.54. The van der Waals surface area contributed by atoms with Crippen LogP contribution >= 0.6 is 11.6 Å². The highest BCUT2D eigenvalue weighted by atomic mass is 35.5. The molecule has 5 nitrogen and oxygen atoms in total. The van der Waals surface area contributed by atoms with Crippen molar-refractivity contribution in [2.45, 2.75) is 18.0 Å². The maximum Gasteiger partial charge on any atom is 0.417 e. The third-order valence-electron chi connectivity index (χ3n) is 3.20. The molecular formula is C16H13ClF3NO4S. The lowest BCUT2D eigenvalue weighted by atomic mass is 10.2. The summed E-state index contributed by atoms with van der Waals surface area (Å²) in [5, 5.41) is -0.602. The van der Waals surface area contributed by atoms with E-state index in [2.05, 4.69) is 4.72 Å². The number of hydrogen-bond acceptors (Lipinski definition) is 4. The number of anilines is 1. The summed E-state index contributed by atoms with van der Waals surface area (Å²) in [6.07, 6.45) is -4.79. The standard InChI is InChI=1S/C16H13ClF3NO4S/c1-2-25-15(22)10-3-5-11(6-4-10)21-26(23,24)12-7-8-14(17)13(9-12)16(18,19)20/h3-9,21H,2H2,1H3. The van der Waals surface area contributed by atoms with Gasteiger partial charge in [-0.2, -0.15) is 13.2 Å². The number of sulfonamides is 1. The van der Waals surface area contributed by atoms with Crippen molar-refractivity contribution in [1.82, 2.24) is 0 Å². The number of benzene rings is 2. The summed E-state index contributed by atoms with van der Waals surface area (Å²) in [4.78, 5) is 11.0. The summed E-state index contributed by atoms with van der Waals surface area (Å²) in [6.45, 7) is 1.83. The Labute approximate surface area is 152 Å². The van der Waals surface area contributed by atoms with Crippen molar-refractivity contribution in [3.8, 4) is 0 Å². The Bertz CT molecular complexity index is 912. The third kappa shape index (κ3) is 4.67. The molecule has 2 aromatic carbocycles. The van der Waals surface area contributed by atoms with Crippen LogP contribution in [0, 0.1) is 0 Å². The predicted molar refractivity (Wildman–Crippen MR) is 89.7 cm³/mol. The first kappa shape index (κ1) is 20.1. The molecule has 0 radical (unpaired) electrons. The summed E-state index contributed by atoms with van der Waals surface area (Å²) >= 11 is 5.48. The Balaban J connectivity index is 2.28. The van der Waals surface area contributed by atoms with E-state index < -0.39 is 37.7 Å². The van der Waals surface area contributed by atoms with Gasteiger partial charge >= 0.3 is 12.1 Å². The van der Waals surface area contributed by atoms with Crippen LogP contribution < -0.4 is 4.72 Å². The van der Waals surface area contributed by atoms with Gasteiger partial charge in [-0.15, -0.1) is 0 Å². The first-order valence-corrected chi connectivity index (χ1v) is 9.07. The molecule has 1 N–H and O–H groups in total. The van der Waals surface area contributed by atoms with Crippen molar-refractivity contribution in [3.05, 3.63) is 58.6 Å². The SMILES string of the molecule is CCOC(=O)c1ccc(NS(=O)(=O)c2ccc(Cl)c(C(F)(F)F)c2)cc1. The van der Waals surface area contributed by atoms with Crippen LogP contribution in [0.1, 0.15) is 22.8 Å². The topological polar surface area (TPSA) is 72.5 Å². The second-order valence-corrected chi connectivity index (χ2v) is 7.13. The van der Waals surface area contributed by atoms with E-state index in [4.69, 9.17) is 16.3 Å². The molecule has 0 aliphatic heterocycles. The van der Waals surface area contributed by atoms with Crippen LogP contribution in [0.4, 0.5) is 18.9 Å². The van der Waals surface area contributed by atoms with Gasteiger partial charge in [0.15, 0.2) is 0 Å². The van der Waals surface area contributed by atoms with E-state index >= 15 is 0 Å². The summed E-state index contributed by atoms with van der Waals surface area (Å²) < 4.78 is 70.2. The molecule has 0 unspecified atom stereocenters. The average Bonchev–Trinajstić information content (AvgIpc) is 2.54.